The molecule has 0 saturated carbocycles. The van der Waals surface area contributed by atoms with E-state index in [1.807, 2.05) is 18.4 Å². The molecule has 1 amide bonds. The lowest BCUT2D eigenvalue weighted by molar-refractivity contribution is -0.121. The molecule has 1 aliphatic rings. The summed E-state index contributed by atoms with van der Waals surface area (Å²) in [6.45, 7) is 2.96. The second-order valence-electron chi connectivity index (χ2n) is 4.77. The molecule has 1 fully saturated rings. The summed E-state index contributed by atoms with van der Waals surface area (Å²) in [5, 5.41) is 7.90. The number of rotatable bonds is 4. The van der Waals surface area contributed by atoms with Crippen LogP contribution >= 0.6 is 11.3 Å². The Morgan fingerprint density at radius 1 is 1.58 bits per heavy atom. The molecule has 7 heteroatoms. The highest BCUT2D eigenvalue weighted by molar-refractivity contribution is 7.91. The number of nitrogens with one attached hydrogen (secondary N) is 2. The Bertz CT molecular complexity index is 551. The highest BCUT2D eigenvalue weighted by atomic mass is 32.2. The van der Waals surface area contributed by atoms with Gasteiger partial charge in [0.15, 0.2) is 9.84 Å². The van der Waals surface area contributed by atoms with Gasteiger partial charge in [0, 0.05) is 23.9 Å². The third-order valence-electron chi connectivity index (χ3n) is 3.15. The number of sulfone groups is 1. The monoisotopic (exact) mass is 302 g/mol. The zero-order chi connectivity index (χ0) is 13.9. The Labute approximate surface area is 117 Å². The van der Waals surface area contributed by atoms with Crippen molar-refractivity contribution in [1.29, 1.82) is 0 Å². The van der Waals surface area contributed by atoms with E-state index in [1.54, 1.807) is 11.3 Å². The molecular formula is C12H18N2O3S2. The van der Waals surface area contributed by atoms with Crippen molar-refractivity contribution < 1.29 is 13.2 Å². The molecule has 1 atom stereocenters. The fourth-order valence-corrected chi connectivity index (χ4v) is 4.35. The van der Waals surface area contributed by atoms with E-state index in [0.717, 1.165) is 4.88 Å². The second kappa shape index (κ2) is 6.02. The zero-order valence-corrected chi connectivity index (χ0v) is 12.4. The van der Waals surface area contributed by atoms with Crippen molar-refractivity contribution in [1.82, 2.24) is 10.6 Å². The van der Waals surface area contributed by atoms with Crippen molar-refractivity contribution in [2.45, 2.75) is 25.9 Å². The van der Waals surface area contributed by atoms with Crippen molar-refractivity contribution in [2.75, 3.05) is 18.1 Å². The maximum atomic E-state index is 11.8. The van der Waals surface area contributed by atoms with Crippen LogP contribution in [0.4, 0.5) is 0 Å². The molecule has 5 nitrogen and oxygen atoms in total. The van der Waals surface area contributed by atoms with Gasteiger partial charge in [-0.05, 0) is 23.9 Å². The lowest BCUT2D eigenvalue weighted by atomic mass is 10.2. The Morgan fingerprint density at radius 2 is 2.37 bits per heavy atom. The SMILES string of the molecule is Cc1ccsc1CNC(=O)CC1CS(=O)(=O)CCN1. The van der Waals surface area contributed by atoms with Crippen molar-refractivity contribution in [3.8, 4) is 0 Å². The topological polar surface area (TPSA) is 75.3 Å². The van der Waals surface area contributed by atoms with Crippen LogP contribution in [0.15, 0.2) is 11.4 Å². The van der Waals surface area contributed by atoms with E-state index >= 15 is 0 Å². The normalized spacial score (nSPS) is 22.1. The van der Waals surface area contributed by atoms with Gasteiger partial charge in [0.25, 0.3) is 0 Å². The third-order valence-corrected chi connectivity index (χ3v) is 5.91. The summed E-state index contributed by atoms with van der Waals surface area (Å²) in [5.74, 6) is 0.111. The van der Waals surface area contributed by atoms with E-state index in [4.69, 9.17) is 0 Å². The smallest absolute Gasteiger partial charge is 0.221 e. The summed E-state index contributed by atoms with van der Waals surface area (Å²) >= 11 is 1.61. The minimum atomic E-state index is -2.98. The molecule has 2 rings (SSSR count). The molecule has 2 heterocycles. The average Bonchev–Trinajstić information content (AvgIpc) is 2.71. The predicted molar refractivity (Wildman–Crippen MR) is 76.0 cm³/mol. The predicted octanol–water partition coefficient (Wildman–Crippen LogP) is 0.449. The van der Waals surface area contributed by atoms with Crippen molar-refractivity contribution >= 4 is 27.1 Å². The summed E-state index contributed by atoms with van der Waals surface area (Å²) in [7, 11) is -2.98. The Morgan fingerprint density at radius 3 is 3.00 bits per heavy atom. The zero-order valence-electron chi connectivity index (χ0n) is 10.8. The maximum absolute atomic E-state index is 11.8. The molecule has 1 aromatic rings. The molecule has 1 aromatic heterocycles. The fraction of sp³-hybridized carbons (Fsp3) is 0.583. The molecule has 106 valence electrons. The number of amides is 1. The Hall–Kier alpha value is -0.920. The third kappa shape index (κ3) is 4.29. The highest BCUT2D eigenvalue weighted by Gasteiger charge is 2.25. The van der Waals surface area contributed by atoms with E-state index in [0.29, 0.717) is 13.1 Å². The van der Waals surface area contributed by atoms with Gasteiger partial charge in [0.2, 0.25) is 5.91 Å². The molecule has 19 heavy (non-hydrogen) atoms. The van der Waals surface area contributed by atoms with Crippen LogP contribution < -0.4 is 10.6 Å². The van der Waals surface area contributed by atoms with Gasteiger partial charge in [-0.3, -0.25) is 4.79 Å². The molecule has 2 N–H and O–H groups in total. The molecule has 1 aliphatic heterocycles. The van der Waals surface area contributed by atoms with Gasteiger partial charge in [-0.2, -0.15) is 0 Å². The van der Waals surface area contributed by atoms with Crippen molar-refractivity contribution in [3.63, 3.8) is 0 Å². The quantitative estimate of drug-likeness (QED) is 0.847. The summed E-state index contributed by atoms with van der Waals surface area (Å²) in [6.07, 6.45) is 0.212. The molecule has 0 aliphatic carbocycles. The van der Waals surface area contributed by atoms with Gasteiger partial charge in [0.1, 0.15) is 0 Å². The van der Waals surface area contributed by atoms with E-state index in [-0.39, 0.29) is 29.9 Å². The van der Waals surface area contributed by atoms with Gasteiger partial charge in [0.05, 0.1) is 18.1 Å². The Balaban J connectivity index is 1.80. The lowest BCUT2D eigenvalue weighted by Gasteiger charge is -2.23. The van der Waals surface area contributed by atoms with E-state index in [9.17, 15) is 13.2 Å². The van der Waals surface area contributed by atoms with Gasteiger partial charge in [-0.1, -0.05) is 0 Å². The molecule has 0 aromatic carbocycles. The molecule has 1 saturated heterocycles. The molecule has 0 radical (unpaired) electrons. The minimum Gasteiger partial charge on any atom is -0.351 e. The number of thiophene rings is 1. The molecule has 0 spiro atoms. The van der Waals surface area contributed by atoms with Crippen LogP contribution in [0.5, 0.6) is 0 Å². The number of hydrogen-bond acceptors (Lipinski definition) is 5. The van der Waals surface area contributed by atoms with Crippen molar-refractivity contribution in [3.05, 3.63) is 21.9 Å². The molecule has 1 unspecified atom stereocenters. The molecular weight excluding hydrogens is 284 g/mol. The summed E-state index contributed by atoms with van der Waals surface area (Å²) < 4.78 is 22.9. The van der Waals surface area contributed by atoms with Crippen LogP contribution in [0.1, 0.15) is 16.9 Å². The maximum Gasteiger partial charge on any atom is 0.221 e. The summed E-state index contributed by atoms with van der Waals surface area (Å²) in [6, 6.07) is 1.75. The van der Waals surface area contributed by atoms with Crippen molar-refractivity contribution in [2.24, 2.45) is 0 Å². The first-order valence-electron chi connectivity index (χ1n) is 6.20. The first kappa shape index (κ1) is 14.5. The number of carbonyl (C=O) groups is 1. The van der Waals surface area contributed by atoms with Gasteiger partial charge in [-0.15, -0.1) is 11.3 Å². The fourth-order valence-electron chi connectivity index (χ4n) is 2.06. The average molecular weight is 302 g/mol. The van der Waals surface area contributed by atoms with Crippen LogP contribution in [0.3, 0.4) is 0 Å². The van der Waals surface area contributed by atoms with E-state index in [1.165, 1.54) is 5.56 Å². The van der Waals surface area contributed by atoms with Gasteiger partial charge < -0.3 is 10.6 Å². The van der Waals surface area contributed by atoms with Crippen LogP contribution in [0.25, 0.3) is 0 Å². The largest absolute Gasteiger partial charge is 0.351 e. The Kier molecular flexibility index (Phi) is 4.59. The van der Waals surface area contributed by atoms with Crippen LogP contribution in [0.2, 0.25) is 0 Å². The standard InChI is InChI=1S/C12H18N2O3S2/c1-9-2-4-18-11(9)7-14-12(15)6-10-8-19(16,17)5-3-13-10/h2,4,10,13H,3,5-8H2,1H3,(H,14,15). The van der Waals surface area contributed by atoms with Crippen LogP contribution in [-0.2, 0) is 21.2 Å². The van der Waals surface area contributed by atoms with Crippen LogP contribution in [0, 0.1) is 6.92 Å². The van der Waals surface area contributed by atoms with Crippen LogP contribution in [-0.4, -0.2) is 38.4 Å². The van der Waals surface area contributed by atoms with E-state index < -0.39 is 9.84 Å². The lowest BCUT2D eigenvalue weighted by Crippen LogP contribution is -2.47. The second-order valence-corrected chi connectivity index (χ2v) is 8.00. The van der Waals surface area contributed by atoms with Gasteiger partial charge in [-0.25, -0.2) is 8.42 Å². The first-order chi connectivity index (χ1) is 8.96. The van der Waals surface area contributed by atoms with Gasteiger partial charge >= 0.3 is 0 Å². The minimum absolute atomic E-state index is 0.0540. The highest BCUT2D eigenvalue weighted by Crippen LogP contribution is 2.15. The number of aryl methyl sites for hydroxylation is 1. The molecule has 0 bridgehead atoms. The summed E-state index contributed by atoms with van der Waals surface area (Å²) in [4.78, 5) is 12.9. The van der Waals surface area contributed by atoms with E-state index in [2.05, 4.69) is 10.6 Å². The number of hydrogen-bond donors (Lipinski definition) is 2. The first-order valence-corrected chi connectivity index (χ1v) is 8.90. The summed E-state index contributed by atoms with van der Waals surface area (Å²) in [5.41, 5.74) is 1.17. The number of carbonyl (C=O) groups excluding carboxylic acids is 1.